The Morgan fingerprint density at radius 1 is 1.44 bits per heavy atom. The molecule has 1 amide bonds. The van der Waals surface area contributed by atoms with E-state index in [-0.39, 0.29) is 28.6 Å². The average molecular weight is 371 g/mol. The summed E-state index contributed by atoms with van der Waals surface area (Å²) in [7, 11) is 1.20. The van der Waals surface area contributed by atoms with Crippen LogP contribution in [0, 0.1) is 17.0 Å². The molecule has 0 fully saturated rings. The Morgan fingerprint density at radius 2 is 2.12 bits per heavy atom. The fourth-order valence-electron chi connectivity index (χ4n) is 2.03. The zero-order valence-electron chi connectivity index (χ0n) is 13.6. The zero-order valence-corrected chi connectivity index (χ0v) is 14.4. The summed E-state index contributed by atoms with van der Waals surface area (Å²) in [5.74, 6) is -1.78. The molecule has 2 aromatic heterocycles. The highest BCUT2D eigenvalue weighted by Crippen LogP contribution is 2.26. The third kappa shape index (κ3) is 3.76. The van der Waals surface area contributed by atoms with E-state index in [1.807, 2.05) is 6.92 Å². The zero-order chi connectivity index (χ0) is 18.7. The van der Waals surface area contributed by atoms with E-state index in [0.29, 0.717) is 6.54 Å². The molecule has 12 heteroatoms. The Hall–Kier alpha value is -2.95. The van der Waals surface area contributed by atoms with Gasteiger partial charge >= 0.3 is 11.8 Å². The molecule has 0 aliphatic carbocycles. The number of anilines is 1. The SMILES string of the molecule is CCn1cc(NC(=O)Cn2nc([N+](=O)[O-])c(Cl)c2C)c(C(=O)OC)n1. The number of methoxy groups -OCH3 is 1. The number of nitrogens with one attached hydrogen (secondary N) is 1. The lowest BCUT2D eigenvalue weighted by Crippen LogP contribution is -2.21. The Balaban J connectivity index is 2.21. The molecule has 0 aromatic carbocycles. The summed E-state index contributed by atoms with van der Waals surface area (Å²) in [5.41, 5.74) is 0.406. The molecule has 0 saturated heterocycles. The molecule has 0 aliphatic rings. The fourth-order valence-corrected chi connectivity index (χ4v) is 2.23. The maximum absolute atomic E-state index is 12.2. The molecule has 2 aromatic rings. The minimum Gasteiger partial charge on any atom is -0.464 e. The number of aryl methyl sites for hydroxylation is 1. The van der Waals surface area contributed by atoms with Crippen molar-refractivity contribution in [3.8, 4) is 0 Å². The summed E-state index contributed by atoms with van der Waals surface area (Å²) < 4.78 is 7.19. The summed E-state index contributed by atoms with van der Waals surface area (Å²) in [5, 5.41) is 20.9. The maximum atomic E-state index is 12.2. The van der Waals surface area contributed by atoms with Crippen molar-refractivity contribution in [1.29, 1.82) is 0 Å². The van der Waals surface area contributed by atoms with Crippen LogP contribution in [0.2, 0.25) is 5.02 Å². The standard InChI is InChI=1S/C13H15ClN6O5/c1-4-18-5-8(11(16-18)13(22)25-3)15-9(21)6-19-7(2)10(14)12(17-19)20(23)24/h5H,4,6H2,1-3H3,(H,15,21). The van der Waals surface area contributed by atoms with E-state index < -0.39 is 22.6 Å². The largest absolute Gasteiger partial charge is 0.464 e. The smallest absolute Gasteiger partial charge is 0.408 e. The summed E-state index contributed by atoms with van der Waals surface area (Å²) in [4.78, 5) is 34.0. The molecule has 134 valence electrons. The summed E-state index contributed by atoms with van der Waals surface area (Å²) >= 11 is 5.83. The molecule has 0 spiro atoms. The molecule has 0 saturated carbocycles. The van der Waals surface area contributed by atoms with Crippen molar-refractivity contribution in [3.63, 3.8) is 0 Å². The van der Waals surface area contributed by atoms with Gasteiger partial charge in [0, 0.05) is 12.7 Å². The average Bonchev–Trinajstić information content (AvgIpc) is 3.10. The first-order valence-corrected chi connectivity index (χ1v) is 7.49. The second kappa shape index (κ2) is 7.30. The Morgan fingerprint density at radius 3 is 2.64 bits per heavy atom. The van der Waals surface area contributed by atoms with Gasteiger partial charge in [-0.25, -0.2) is 4.79 Å². The minimum atomic E-state index is -0.732. The topological polar surface area (TPSA) is 134 Å². The van der Waals surface area contributed by atoms with E-state index in [1.165, 1.54) is 24.9 Å². The number of nitro groups is 1. The van der Waals surface area contributed by atoms with Crippen LogP contribution in [0.25, 0.3) is 0 Å². The van der Waals surface area contributed by atoms with Crippen LogP contribution in [0.15, 0.2) is 6.20 Å². The van der Waals surface area contributed by atoms with Crippen molar-refractivity contribution in [3.05, 3.63) is 32.7 Å². The first-order valence-electron chi connectivity index (χ1n) is 7.11. The molecule has 1 N–H and O–H groups in total. The predicted molar refractivity (Wildman–Crippen MR) is 86.5 cm³/mol. The number of nitrogens with zero attached hydrogens (tertiary/aromatic N) is 5. The van der Waals surface area contributed by atoms with E-state index in [0.717, 1.165) is 4.68 Å². The Bertz CT molecular complexity index is 842. The molecule has 25 heavy (non-hydrogen) atoms. The number of amides is 1. The van der Waals surface area contributed by atoms with Gasteiger partial charge in [-0.2, -0.15) is 9.78 Å². The van der Waals surface area contributed by atoms with Crippen LogP contribution in [0.4, 0.5) is 11.5 Å². The normalized spacial score (nSPS) is 10.6. The van der Waals surface area contributed by atoms with Crippen molar-refractivity contribution in [2.45, 2.75) is 26.9 Å². The molecular weight excluding hydrogens is 356 g/mol. The second-order valence-corrected chi connectivity index (χ2v) is 5.30. The van der Waals surface area contributed by atoms with E-state index >= 15 is 0 Å². The number of aromatic nitrogens is 4. The van der Waals surface area contributed by atoms with Crippen molar-refractivity contribution < 1.29 is 19.2 Å². The molecule has 2 rings (SSSR count). The molecule has 2 heterocycles. The molecule has 0 atom stereocenters. The number of hydrogen-bond donors (Lipinski definition) is 1. The highest BCUT2D eigenvalue weighted by molar-refractivity contribution is 6.33. The first kappa shape index (κ1) is 18.4. The van der Waals surface area contributed by atoms with Gasteiger partial charge in [0.2, 0.25) is 5.91 Å². The lowest BCUT2D eigenvalue weighted by atomic mass is 10.3. The van der Waals surface area contributed by atoms with Crippen molar-refractivity contribution in [2.24, 2.45) is 0 Å². The number of hydrogen-bond acceptors (Lipinski definition) is 7. The van der Waals surface area contributed by atoms with Gasteiger partial charge in [-0.15, -0.1) is 0 Å². The van der Waals surface area contributed by atoms with Crippen molar-refractivity contribution in [2.75, 3.05) is 12.4 Å². The molecule has 0 aliphatic heterocycles. The van der Waals surface area contributed by atoms with Crippen LogP contribution in [-0.4, -0.2) is 43.5 Å². The minimum absolute atomic E-state index is 0.0427. The highest BCUT2D eigenvalue weighted by Gasteiger charge is 2.26. The summed E-state index contributed by atoms with van der Waals surface area (Å²) in [6, 6.07) is 0. The molecule has 0 bridgehead atoms. The van der Waals surface area contributed by atoms with Crippen LogP contribution >= 0.6 is 11.6 Å². The number of esters is 1. The van der Waals surface area contributed by atoms with E-state index in [9.17, 15) is 19.7 Å². The second-order valence-electron chi connectivity index (χ2n) is 4.92. The Labute approximate surface area is 146 Å². The molecular formula is C13H15ClN6O5. The quantitative estimate of drug-likeness (QED) is 0.461. The third-order valence-electron chi connectivity index (χ3n) is 3.32. The van der Waals surface area contributed by atoms with E-state index in [2.05, 4.69) is 20.3 Å². The van der Waals surface area contributed by atoms with Crippen LogP contribution in [-0.2, 0) is 22.6 Å². The van der Waals surface area contributed by atoms with Gasteiger partial charge in [0.15, 0.2) is 10.7 Å². The summed E-state index contributed by atoms with van der Waals surface area (Å²) in [6.45, 7) is 3.48. The van der Waals surface area contributed by atoms with Gasteiger partial charge in [-0.1, -0.05) is 11.6 Å². The number of ether oxygens (including phenoxy) is 1. The van der Waals surface area contributed by atoms with Gasteiger partial charge in [0.25, 0.3) is 0 Å². The number of rotatable bonds is 6. The summed E-state index contributed by atoms with van der Waals surface area (Å²) in [6.07, 6.45) is 1.48. The molecule has 11 nitrogen and oxygen atoms in total. The van der Waals surface area contributed by atoms with E-state index in [4.69, 9.17) is 11.6 Å². The number of carbonyl (C=O) groups is 2. The van der Waals surface area contributed by atoms with Crippen LogP contribution < -0.4 is 5.32 Å². The van der Waals surface area contributed by atoms with Gasteiger partial charge in [-0.05, 0) is 18.8 Å². The van der Waals surface area contributed by atoms with Gasteiger partial charge in [-0.3, -0.25) is 9.48 Å². The van der Waals surface area contributed by atoms with Gasteiger partial charge < -0.3 is 20.2 Å². The van der Waals surface area contributed by atoms with Crippen LogP contribution in [0.1, 0.15) is 23.1 Å². The van der Waals surface area contributed by atoms with Crippen molar-refractivity contribution in [1.82, 2.24) is 19.6 Å². The lowest BCUT2D eigenvalue weighted by Gasteiger charge is -2.04. The predicted octanol–water partition coefficient (Wildman–Crippen LogP) is 1.39. The van der Waals surface area contributed by atoms with Crippen molar-refractivity contribution >= 4 is 35.0 Å². The number of carbonyl (C=O) groups excluding carboxylic acids is 2. The van der Waals surface area contributed by atoms with Gasteiger partial charge in [0.1, 0.15) is 6.54 Å². The fraction of sp³-hybridized carbons (Fsp3) is 0.385. The Kier molecular flexibility index (Phi) is 5.37. The van der Waals surface area contributed by atoms with Crippen LogP contribution in [0.5, 0.6) is 0 Å². The lowest BCUT2D eigenvalue weighted by molar-refractivity contribution is -0.389. The number of halogens is 1. The first-order chi connectivity index (χ1) is 11.8. The third-order valence-corrected chi connectivity index (χ3v) is 3.76. The van der Waals surface area contributed by atoms with Crippen LogP contribution in [0.3, 0.4) is 0 Å². The maximum Gasteiger partial charge on any atom is 0.408 e. The van der Waals surface area contributed by atoms with E-state index in [1.54, 1.807) is 0 Å². The monoisotopic (exact) mass is 370 g/mol. The highest BCUT2D eigenvalue weighted by atomic mass is 35.5. The molecule has 0 radical (unpaired) electrons. The molecule has 0 unspecified atom stereocenters. The van der Waals surface area contributed by atoms with Gasteiger partial charge in [0.05, 0.1) is 23.6 Å².